The Morgan fingerprint density at radius 2 is 1.79 bits per heavy atom. The highest BCUT2D eigenvalue weighted by molar-refractivity contribution is 5.96. The van der Waals surface area contributed by atoms with Gasteiger partial charge in [-0.2, -0.15) is 0 Å². The van der Waals surface area contributed by atoms with Gasteiger partial charge in [0.05, 0.1) is 0 Å². The third kappa shape index (κ3) is 5.31. The van der Waals surface area contributed by atoms with E-state index in [0.717, 1.165) is 42.9 Å². The van der Waals surface area contributed by atoms with Gasteiger partial charge in [-0.1, -0.05) is 12.1 Å². The highest BCUT2D eigenvalue weighted by Gasteiger charge is 2.23. The molecule has 0 saturated carbocycles. The van der Waals surface area contributed by atoms with E-state index in [4.69, 9.17) is 4.98 Å². The third-order valence-corrected chi connectivity index (χ3v) is 5.28. The van der Waals surface area contributed by atoms with Gasteiger partial charge in [-0.25, -0.2) is 4.98 Å². The van der Waals surface area contributed by atoms with E-state index in [-0.39, 0.29) is 18.4 Å². The summed E-state index contributed by atoms with van der Waals surface area (Å²) in [7, 11) is 3.82. The minimum absolute atomic E-state index is 0.0525. The molecule has 3 heterocycles. The predicted molar refractivity (Wildman–Crippen MR) is 113 cm³/mol. The molecule has 0 unspecified atom stereocenters. The maximum atomic E-state index is 13.1. The van der Waals surface area contributed by atoms with E-state index in [1.807, 2.05) is 44.3 Å². The van der Waals surface area contributed by atoms with Crippen LogP contribution in [0.25, 0.3) is 0 Å². The average molecular weight is 396 g/mol. The molecule has 154 valence electrons. The summed E-state index contributed by atoms with van der Waals surface area (Å²) in [6.45, 7) is 3.85. The van der Waals surface area contributed by atoms with Crippen LogP contribution in [0.4, 0.5) is 5.82 Å². The zero-order valence-electron chi connectivity index (χ0n) is 17.5. The van der Waals surface area contributed by atoms with E-state index in [9.17, 15) is 9.59 Å². The number of carbonyl (C=O) groups excluding carboxylic acids is 2. The molecular formula is C22H29N5O2. The number of hydrogen-bond acceptors (Lipinski definition) is 5. The lowest BCUT2D eigenvalue weighted by atomic mass is 10.1. The van der Waals surface area contributed by atoms with Crippen molar-refractivity contribution in [2.45, 2.75) is 26.2 Å². The molecular weight excluding hydrogens is 366 g/mol. The highest BCUT2D eigenvalue weighted by atomic mass is 16.2. The van der Waals surface area contributed by atoms with Gasteiger partial charge >= 0.3 is 0 Å². The monoisotopic (exact) mass is 395 g/mol. The van der Waals surface area contributed by atoms with Crippen molar-refractivity contribution in [3.63, 3.8) is 0 Å². The van der Waals surface area contributed by atoms with Gasteiger partial charge in [0.1, 0.15) is 18.1 Å². The summed E-state index contributed by atoms with van der Waals surface area (Å²) in [6, 6.07) is 9.71. The summed E-state index contributed by atoms with van der Waals surface area (Å²) >= 11 is 0. The van der Waals surface area contributed by atoms with E-state index in [1.54, 1.807) is 23.0 Å². The quantitative estimate of drug-likeness (QED) is 0.740. The first kappa shape index (κ1) is 20.8. The number of likely N-dealkylation sites (N-methyl/N-ethyl adjacent to an activating group) is 1. The van der Waals surface area contributed by atoms with Crippen LogP contribution in [0.15, 0.2) is 36.5 Å². The molecule has 7 nitrogen and oxygen atoms in total. The number of aryl methyl sites for hydroxylation is 2. The van der Waals surface area contributed by atoms with Crippen LogP contribution >= 0.6 is 0 Å². The van der Waals surface area contributed by atoms with Gasteiger partial charge < -0.3 is 14.7 Å². The topological polar surface area (TPSA) is 69.6 Å². The molecule has 1 aliphatic heterocycles. The molecule has 29 heavy (non-hydrogen) atoms. The van der Waals surface area contributed by atoms with Gasteiger partial charge in [-0.05, 0) is 49.9 Å². The maximum Gasteiger partial charge on any atom is 0.273 e. The number of anilines is 1. The van der Waals surface area contributed by atoms with Crippen LogP contribution < -0.4 is 4.90 Å². The van der Waals surface area contributed by atoms with Crippen LogP contribution in [0.2, 0.25) is 0 Å². The normalized spacial score (nSPS) is 16.5. The van der Waals surface area contributed by atoms with Crippen molar-refractivity contribution in [1.82, 2.24) is 19.8 Å². The van der Waals surface area contributed by atoms with E-state index in [0.29, 0.717) is 18.8 Å². The largest absolute Gasteiger partial charge is 0.360 e. The molecule has 0 radical (unpaired) electrons. The Bertz CT molecular complexity index is 870. The number of carbonyl (C=O) groups is 2. The van der Waals surface area contributed by atoms with Crippen molar-refractivity contribution >= 4 is 17.6 Å². The minimum Gasteiger partial charge on any atom is -0.360 e. The number of nitrogens with zero attached hydrogens (tertiary/aromatic N) is 5. The average Bonchev–Trinajstić information content (AvgIpc) is 2.72. The number of fused-ring (bicyclic) bond motifs is 2. The number of aromatic nitrogens is 2. The van der Waals surface area contributed by atoms with Crippen molar-refractivity contribution in [1.29, 1.82) is 0 Å². The van der Waals surface area contributed by atoms with E-state index < -0.39 is 0 Å². The summed E-state index contributed by atoms with van der Waals surface area (Å²) in [5.74, 6) is 0.687. The molecule has 2 aromatic heterocycles. The molecule has 0 saturated heterocycles. The standard InChI is InChI=1S/C22H29N5O2/c1-17-8-5-12-23-21(17)22(29)27-15-6-10-18-9-4-11-19(24-18)25(2)13-7-14-26(3)20(28)16-27/h4-5,8-9,11-12H,6-7,10,13-16H2,1-3H3. The van der Waals surface area contributed by atoms with Crippen molar-refractivity contribution in [3.8, 4) is 0 Å². The second kappa shape index (κ2) is 9.49. The lowest BCUT2D eigenvalue weighted by Gasteiger charge is -2.27. The van der Waals surface area contributed by atoms with Gasteiger partial charge in [0.25, 0.3) is 5.91 Å². The van der Waals surface area contributed by atoms with E-state index >= 15 is 0 Å². The SMILES string of the molecule is Cc1cccnc1C(=O)N1CCCc2cccc(n2)N(C)CCCN(C)C(=O)C1. The Balaban J connectivity index is 1.83. The van der Waals surface area contributed by atoms with Gasteiger partial charge in [-0.3, -0.25) is 14.6 Å². The molecule has 2 amide bonds. The fourth-order valence-corrected chi connectivity index (χ4v) is 3.45. The number of hydrogen-bond donors (Lipinski definition) is 0. The van der Waals surface area contributed by atoms with Crippen LogP contribution in [-0.4, -0.2) is 71.9 Å². The summed E-state index contributed by atoms with van der Waals surface area (Å²) < 4.78 is 0. The van der Waals surface area contributed by atoms with Crippen molar-refractivity contribution in [2.75, 3.05) is 45.2 Å². The second-order valence-corrected chi connectivity index (χ2v) is 7.58. The number of pyridine rings is 2. The molecule has 0 aromatic carbocycles. The summed E-state index contributed by atoms with van der Waals surface area (Å²) in [6.07, 6.45) is 3.92. The highest BCUT2D eigenvalue weighted by Crippen LogP contribution is 2.14. The Labute approximate surface area is 172 Å². The van der Waals surface area contributed by atoms with Gasteiger partial charge in [-0.15, -0.1) is 0 Å². The van der Waals surface area contributed by atoms with Crippen LogP contribution in [0, 0.1) is 6.92 Å². The number of rotatable bonds is 1. The molecule has 3 rings (SSSR count). The van der Waals surface area contributed by atoms with Crippen LogP contribution in [-0.2, 0) is 11.2 Å². The molecule has 0 fully saturated rings. The Kier molecular flexibility index (Phi) is 6.80. The molecule has 0 spiro atoms. The molecule has 2 bridgehead atoms. The van der Waals surface area contributed by atoms with E-state index in [2.05, 4.69) is 9.88 Å². The predicted octanol–water partition coefficient (Wildman–Crippen LogP) is 2.16. The van der Waals surface area contributed by atoms with Crippen molar-refractivity contribution < 1.29 is 9.59 Å². The van der Waals surface area contributed by atoms with Crippen molar-refractivity contribution in [2.24, 2.45) is 0 Å². The van der Waals surface area contributed by atoms with Crippen LogP contribution in [0.1, 0.15) is 34.6 Å². The molecule has 7 heteroatoms. The number of amides is 2. The first-order valence-electron chi connectivity index (χ1n) is 10.1. The Morgan fingerprint density at radius 1 is 1.00 bits per heavy atom. The lowest BCUT2D eigenvalue weighted by molar-refractivity contribution is -0.130. The van der Waals surface area contributed by atoms with Gasteiger partial charge in [0.2, 0.25) is 5.91 Å². The van der Waals surface area contributed by atoms with Crippen molar-refractivity contribution in [3.05, 3.63) is 53.5 Å². The molecule has 0 aliphatic carbocycles. The zero-order valence-corrected chi connectivity index (χ0v) is 17.5. The fourth-order valence-electron chi connectivity index (χ4n) is 3.45. The smallest absolute Gasteiger partial charge is 0.273 e. The first-order chi connectivity index (χ1) is 14.0. The molecule has 0 atom stereocenters. The Hall–Kier alpha value is -2.96. The summed E-state index contributed by atoms with van der Waals surface area (Å²) in [4.78, 5) is 40.3. The zero-order chi connectivity index (χ0) is 20.8. The summed E-state index contributed by atoms with van der Waals surface area (Å²) in [5.41, 5.74) is 2.22. The van der Waals surface area contributed by atoms with Crippen LogP contribution in [0.5, 0.6) is 0 Å². The lowest BCUT2D eigenvalue weighted by Crippen LogP contribution is -2.43. The maximum absolute atomic E-state index is 13.1. The van der Waals surface area contributed by atoms with E-state index in [1.165, 1.54) is 0 Å². The van der Waals surface area contributed by atoms with Crippen LogP contribution in [0.3, 0.4) is 0 Å². The molecule has 0 N–H and O–H groups in total. The van der Waals surface area contributed by atoms with Gasteiger partial charge in [0, 0.05) is 45.6 Å². The molecule has 2 aromatic rings. The summed E-state index contributed by atoms with van der Waals surface area (Å²) in [5, 5.41) is 0. The first-order valence-corrected chi connectivity index (χ1v) is 10.1. The minimum atomic E-state index is -0.196. The third-order valence-electron chi connectivity index (χ3n) is 5.28. The molecule has 1 aliphatic rings. The second-order valence-electron chi connectivity index (χ2n) is 7.58. The Morgan fingerprint density at radius 3 is 2.59 bits per heavy atom. The fraction of sp³-hybridized carbons (Fsp3) is 0.455. The van der Waals surface area contributed by atoms with Gasteiger partial charge in [0.15, 0.2) is 0 Å².